The third-order valence-electron chi connectivity index (χ3n) is 4.28. The highest BCUT2D eigenvalue weighted by Gasteiger charge is 2.45. The zero-order valence-electron chi connectivity index (χ0n) is 14.8. The van der Waals surface area contributed by atoms with E-state index >= 15 is 0 Å². The Morgan fingerprint density at radius 1 is 1.15 bits per heavy atom. The van der Waals surface area contributed by atoms with Crippen LogP contribution < -0.4 is 4.74 Å². The van der Waals surface area contributed by atoms with Crippen LogP contribution in [0.1, 0.15) is 26.7 Å². The van der Waals surface area contributed by atoms with Gasteiger partial charge in [-0.05, 0) is 31.9 Å². The van der Waals surface area contributed by atoms with E-state index in [9.17, 15) is 24.8 Å². The molecule has 1 aliphatic rings. The largest absolute Gasteiger partial charge is 0.462 e. The average molecular weight is 390 g/mol. The van der Waals surface area contributed by atoms with Crippen molar-refractivity contribution in [2.75, 3.05) is 6.16 Å². The zero-order chi connectivity index (χ0) is 19.3. The molecular weight excluding hydrogens is 363 g/mol. The summed E-state index contributed by atoms with van der Waals surface area (Å²) in [5, 5.41) is 30.2. The van der Waals surface area contributed by atoms with Crippen LogP contribution >= 0.6 is 7.60 Å². The molecule has 0 bridgehead atoms. The Balaban J connectivity index is 2.00. The SMILES string of the molecule is CCC(C)OP(=O)(O)CC[C@H]1O[C@H](Oc2ccccc2)[C@@H](O)[C@@H](O)[C@@H]1O. The van der Waals surface area contributed by atoms with Crippen molar-refractivity contribution >= 4 is 7.60 Å². The highest BCUT2D eigenvalue weighted by Crippen LogP contribution is 2.45. The van der Waals surface area contributed by atoms with Gasteiger partial charge in [0, 0.05) is 0 Å². The summed E-state index contributed by atoms with van der Waals surface area (Å²) in [4.78, 5) is 9.90. The number of benzene rings is 1. The van der Waals surface area contributed by atoms with Gasteiger partial charge in [0.05, 0.1) is 18.4 Å². The van der Waals surface area contributed by atoms with E-state index in [-0.39, 0.29) is 18.7 Å². The summed E-state index contributed by atoms with van der Waals surface area (Å²) in [6, 6.07) is 8.58. The summed E-state index contributed by atoms with van der Waals surface area (Å²) in [6.07, 6.45) is -6.64. The monoisotopic (exact) mass is 390 g/mol. The minimum Gasteiger partial charge on any atom is -0.462 e. The van der Waals surface area contributed by atoms with Gasteiger partial charge < -0.3 is 34.2 Å². The molecule has 0 radical (unpaired) electrons. The van der Waals surface area contributed by atoms with E-state index in [1.54, 1.807) is 37.3 Å². The van der Waals surface area contributed by atoms with Crippen LogP contribution in [0.25, 0.3) is 0 Å². The van der Waals surface area contributed by atoms with Crippen molar-refractivity contribution < 1.29 is 38.8 Å². The Labute approximate surface area is 152 Å². The maximum atomic E-state index is 12.1. The van der Waals surface area contributed by atoms with Gasteiger partial charge in [0.15, 0.2) is 0 Å². The molecule has 0 amide bonds. The molecular formula is C17H27O8P. The number of aliphatic hydroxyl groups is 3. The number of hydrogen-bond donors (Lipinski definition) is 4. The van der Waals surface area contributed by atoms with Crippen LogP contribution in [0.4, 0.5) is 0 Å². The first-order valence-electron chi connectivity index (χ1n) is 8.65. The summed E-state index contributed by atoms with van der Waals surface area (Å²) in [6.45, 7) is 3.53. The molecule has 1 aromatic carbocycles. The molecule has 148 valence electrons. The average Bonchev–Trinajstić information content (AvgIpc) is 2.61. The van der Waals surface area contributed by atoms with Crippen LogP contribution in [-0.2, 0) is 13.8 Å². The molecule has 0 saturated carbocycles. The molecule has 8 nitrogen and oxygen atoms in total. The van der Waals surface area contributed by atoms with E-state index in [0.717, 1.165) is 0 Å². The van der Waals surface area contributed by atoms with E-state index in [2.05, 4.69) is 0 Å². The van der Waals surface area contributed by atoms with Crippen molar-refractivity contribution in [3.8, 4) is 5.75 Å². The molecule has 26 heavy (non-hydrogen) atoms. The summed E-state index contributed by atoms with van der Waals surface area (Å²) in [7, 11) is -3.86. The predicted octanol–water partition coefficient (Wildman–Crippen LogP) is 1.26. The van der Waals surface area contributed by atoms with Gasteiger partial charge in [-0.25, -0.2) is 0 Å². The maximum absolute atomic E-state index is 12.1. The predicted molar refractivity (Wildman–Crippen MR) is 93.9 cm³/mol. The summed E-state index contributed by atoms with van der Waals surface area (Å²) in [5.41, 5.74) is 0. The highest BCUT2D eigenvalue weighted by atomic mass is 31.2. The van der Waals surface area contributed by atoms with Crippen molar-refractivity contribution in [3.63, 3.8) is 0 Å². The lowest BCUT2D eigenvalue weighted by Gasteiger charge is -2.40. The third-order valence-corrected chi connectivity index (χ3v) is 5.79. The second kappa shape index (κ2) is 9.28. The van der Waals surface area contributed by atoms with Crippen LogP contribution in [0, 0.1) is 0 Å². The third kappa shape index (κ3) is 5.76. The molecule has 7 atom stereocenters. The zero-order valence-corrected chi connectivity index (χ0v) is 15.7. The fraction of sp³-hybridized carbons (Fsp3) is 0.647. The Morgan fingerprint density at radius 2 is 1.81 bits per heavy atom. The van der Waals surface area contributed by atoms with E-state index < -0.39 is 38.3 Å². The Kier molecular flexibility index (Phi) is 7.61. The lowest BCUT2D eigenvalue weighted by atomic mass is 9.97. The number of para-hydroxylation sites is 1. The summed E-state index contributed by atoms with van der Waals surface area (Å²) in [5.74, 6) is 0.423. The molecule has 1 heterocycles. The van der Waals surface area contributed by atoms with Gasteiger partial charge in [0.25, 0.3) is 0 Å². The van der Waals surface area contributed by atoms with E-state index in [1.165, 1.54) is 0 Å². The van der Waals surface area contributed by atoms with Gasteiger partial charge in [0.2, 0.25) is 6.29 Å². The minimum absolute atomic E-state index is 0.0379. The highest BCUT2D eigenvalue weighted by molar-refractivity contribution is 7.52. The van der Waals surface area contributed by atoms with Gasteiger partial charge in [-0.2, -0.15) is 0 Å². The van der Waals surface area contributed by atoms with Crippen molar-refractivity contribution in [1.29, 1.82) is 0 Å². The molecule has 2 unspecified atom stereocenters. The molecule has 1 aromatic rings. The van der Waals surface area contributed by atoms with Crippen LogP contribution in [0.15, 0.2) is 30.3 Å². The molecule has 1 aliphatic heterocycles. The fourth-order valence-electron chi connectivity index (χ4n) is 2.58. The lowest BCUT2D eigenvalue weighted by molar-refractivity contribution is -0.272. The fourth-order valence-corrected chi connectivity index (χ4v) is 3.98. The molecule has 1 saturated heterocycles. The van der Waals surface area contributed by atoms with Crippen molar-refractivity contribution in [3.05, 3.63) is 30.3 Å². The molecule has 0 spiro atoms. The van der Waals surface area contributed by atoms with E-state index in [1.807, 2.05) is 6.92 Å². The van der Waals surface area contributed by atoms with Gasteiger partial charge in [-0.1, -0.05) is 25.1 Å². The van der Waals surface area contributed by atoms with Gasteiger partial charge in [0.1, 0.15) is 24.1 Å². The summed E-state index contributed by atoms with van der Waals surface area (Å²) >= 11 is 0. The first kappa shape index (κ1) is 21.3. The van der Waals surface area contributed by atoms with Crippen molar-refractivity contribution in [2.45, 2.75) is 63.5 Å². The standard InChI is InChI=1S/C17H27O8P/c1-3-11(2)25-26(21,22)10-9-13-14(18)15(19)16(20)17(24-13)23-12-7-5-4-6-8-12/h4-8,11,13-20H,3,9-10H2,1-2H3,(H,21,22)/t11?,13-,14-,15+,16+,17+/m1/s1. The maximum Gasteiger partial charge on any atom is 0.328 e. The summed E-state index contributed by atoms with van der Waals surface area (Å²) < 4.78 is 28.3. The van der Waals surface area contributed by atoms with E-state index in [0.29, 0.717) is 12.2 Å². The first-order valence-corrected chi connectivity index (χ1v) is 10.4. The van der Waals surface area contributed by atoms with E-state index in [4.69, 9.17) is 14.0 Å². The van der Waals surface area contributed by atoms with Gasteiger partial charge in [-0.15, -0.1) is 0 Å². The smallest absolute Gasteiger partial charge is 0.328 e. The molecule has 9 heteroatoms. The van der Waals surface area contributed by atoms with Crippen molar-refractivity contribution in [1.82, 2.24) is 0 Å². The van der Waals surface area contributed by atoms with Gasteiger partial charge >= 0.3 is 7.60 Å². The minimum atomic E-state index is -3.86. The van der Waals surface area contributed by atoms with Crippen LogP contribution in [0.3, 0.4) is 0 Å². The second-order valence-corrected chi connectivity index (χ2v) is 8.35. The van der Waals surface area contributed by atoms with Crippen LogP contribution in [-0.4, -0.2) is 63.2 Å². The number of ether oxygens (including phenoxy) is 2. The van der Waals surface area contributed by atoms with Crippen LogP contribution in [0.5, 0.6) is 5.75 Å². The molecule has 0 aliphatic carbocycles. The lowest BCUT2D eigenvalue weighted by Crippen LogP contribution is -2.59. The quantitative estimate of drug-likeness (QED) is 0.489. The topological polar surface area (TPSA) is 126 Å². The molecule has 0 aromatic heterocycles. The molecule has 1 fully saturated rings. The number of hydrogen-bond acceptors (Lipinski definition) is 7. The van der Waals surface area contributed by atoms with Crippen LogP contribution in [0.2, 0.25) is 0 Å². The first-order chi connectivity index (χ1) is 12.2. The normalized spacial score (nSPS) is 32.6. The Hall–Kier alpha value is -0.990. The Bertz CT molecular complexity index is 598. The molecule has 4 N–H and O–H groups in total. The number of aliphatic hydroxyl groups excluding tert-OH is 3. The second-order valence-electron chi connectivity index (χ2n) is 6.42. The number of rotatable bonds is 8. The van der Waals surface area contributed by atoms with Crippen molar-refractivity contribution in [2.24, 2.45) is 0 Å². The molecule has 2 rings (SSSR count). The Morgan fingerprint density at radius 3 is 2.42 bits per heavy atom. The van der Waals surface area contributed by atoms with Gasteiger partial charge in [-0.3, -0.25) is 4.57 Å².